The van der Waals surface area contributed by atoms with E-state index in [-0.39, 0.29) is 5.91 Å². The predicted molar refractivity (Wildman–Crippen MR) is 103 cm³/mol. The number of rotatable bonds is 6. The molecule has 2 aromatic carbocycles. The van der Waals surface area contributed by atoms with E-state index in [4.69, 9.17) is 11.6 Å². The van der Waals surface area contributed by atoms with Gasteiger partial charge in [-0.25, -0.2) is 0 Å². The van der Waals surface area contributed by atoms with Gasteiger partial charge in [-0.3, -0.25) is 9.69 Å². The number of nitrogens with zero attached hydrogens (tertiary/aromatic N) is 1. The van der Waals surface area contributed by atoms with Crippen molar-refractivity contribution in [3.63, 3.8) is 0 Å². The first kappa shape index (κ1) is 18.0. The minimum Gasteiger partial charge on any atom is -0.352 e. The lowest BCUT2D eigenvalue weighted by atomic mass is 10.1. The molecule has 3 rings (SSSR count). The van der Waals surface area contributed by atoms with Gasteiger partial charge >= 0.3 is 0 Å². The van der Waals surface area contributed by atoms with E-state index in [1.807, 2.05) is 24.3 Å². The van der Waals surface area contributed by atoms with Crippen molar-refractivity contribution in [2.24, 2.45) is 0 Å². The number of amides is 1. The van der Waals surface area contributed by atoms with Crippen LogP contribution in [-0.2, 0) is 24.3 Å². The van der Waals surface area contributed by atoms with E-state index in [9.17, 15) is 4.79 Å². The summed E-state index contributed by atoms with van der Waals surface area (Å²) in [6.07, 6.45) is 4.27. The molecule has 0 bridgehead atoms. The van der Waals surface area contributed by atoms with Crippen LogP contribution < -0.4 is 5.32 Å². The summed E-state index contributed by atoms with van der Waals surface area (Å²) in [5.74, 6) is -0.00506. The lowest BCUT2D eigenvalue weighted by Gasteiger charge is -2.26. The SMILES string of the molecule is O=C(Cc1ccccc1Cl)NCc1cccc(CN2CCCCC2)c1. The Bertz CT molecular complexity index is 711. The molecule has 1 aliphatic heterocycles. The summed E-state index contributed by atoms with van der Waals surface area (Å²) >= 11 is 6.11. The zero-order chi connectivity index (χ0) is 17.5. The molecule has 1 saturated heterocycles. The number of nitrogens with one attached hydrogen (secondary N) is 1. The summed E-state index contributed by atoms with van der Waals surface area (Å²) in [5.41, 5.74) is 3.32. The van der Waals surface area contributed by atoms with Gasteiger partial charge in [0.15, 0.2) is 0 Å². The third-order valence-electron chi connectivity index (χ3n) is 4.64. The molecule has 0 radical (unpaired) electrons. The molecule has 132 valence electrons. The highest BCUT2D eigenvalue weighted by Gasteiger charge is 2.11. The van der Waals surface area contributed by atoms with Crippen LogP contribution in [0.4, 0.5) is 0 Å². The molecule has 0 saturated carbocycles. The van der Waals surface area contributed by atoms with Crippen LogP contribution >= 0.6 is 11.6 Å². The Labute approximate surface area is 155 Å². The second-order valence-electron chi connectivity index (χ2n) is 6.70. The van der Waals surface area contributed by atoms with Crippen LogP contribution in [0.25, 0.3) is 0 Å². The number of likely N-dealkylation sites (tertiary alicyclic amines) is 1. The van der Waals surface area contributed by atoms with Crippen LogP contribution in [0.5, 0.6) is 0 Å². The highest BCUT2D eigenvalue weighted by Crippen LogP contribution is 2.16. The number of piperidine rings is 1. The van der Waals surface area contributed by atoms with E-state index >= 15 is 0 Å². The molecule has 0 unspecified atom stereocenters. The molecule has 3 nitrogen and oxygen atoms in total. The van der Waals surface area contributed by atoms with E-state index in [0.717, 1.165) is 17.7 Å². The smallest absolute Gasteiger partial charge is 0.224 e. The number of carbonyl (C=O) groups excluding carboxylic acids is 1. The Hall–Kier alpha value is -1.84. The van der Waals surface area contributed by atoms with Gasteiger partial charge in [-0.15, -0.1) is 0 Å². The zero-order valence-electron chi connectivity index (χ0n) is 14.5. The molecular weight excluding hydrogens is 332 g/mol. The first-order chi connectivity index (χ1) is 12.2. The first-order valence-corrected chi connectivity index (χ1v) is 9.39. The molecule has 1 N–H and O–H groups in total. The van der Waals surface area contributed by atoms with Crippen molar-refractivity contribution in [2.45, 2.75) is 38.8 Å². The van der Waals surface area contributed by atoms with Gasteiger partial charge in [0.2, 0.25) is 5.91 Å². The van der Waals surface area contributed by atoms with Gasteiger partial charge in [0.05, 0.1) is 6.42 Å². The Kier molecular flexibility index (Phi) is 6.48. The standard InChI is InChI=1S/C21H25ClN2O/c22-20-10-3-2-9-19(20)14-21(25)23-15-17-7-6-8-18(13-17)16-24-11-4-1-5-12-24/h2-3,6-10,13H,1,4-5,11-12,14-16H2,(H,23,25). The van der Waals surface area contributed by atoms with Crippen molar-refractivity contribution in [1.82, 2.24) is 10.2 Å². The van der Waals surface area contributed by atoms with Crippen molar-refractivity contribution >= 4 is 17.5 Å². The van der Waals surface area contributed by atoms with E-state index < -0.39 is 0 Å². The zero-order valence-corrected chi connectivity index (χ0v) is 15.3. The third-order valence-corrected chi connectivity index (χ3v) is 5.01. The maximum absolute atomic E-state index is 12.2. The van der Waals surface area contributed by atoms with Crippen LogP contribution in [0.15, 0.2) is 48.5 Å². The molecule has 0 aromatic heterocycles. The molecule has 2 aromatic rings. The predicted octanol–water partition coefficient (Wildman–Crippen LogP) is 4.18. The van der Waals surface area contributed by atoms with Crippen molar-refractivity contribution < 1.29 is 4.79 Å². The summed E-state index contributed by atoms with van der Waals surface area (Å²) in [6.45, 7) is 3.94. The van der Waals surface area contributed by atoms with E-state index in [1.165, 1.54) is 37.9 Å². The van der Waals surface area contributed by atoms with Crippen molar-refractivity contribution in [1.29, 1.82) is 0 Å². The number of halogens is 1. The molecule has 1 aliphatic rings. The van der Waals surface area contributed by atoms with Gasteiger partial charge in [-0.2, -0.15) is 0 Å². The average Bonchev–Trinajstić information content (AvgIpc) is 2.63. The molecule has 1 fully saturated rings. The fourth-order valence-electron chi connectivity index (χ4n) is 3.29. The lowest BCUT2D eigenvalue weighted by Crippen LogP contribution is -2.29. The van der Waals surface area contributed by atoms with Crippen LogP contribution in [0, 0.1) is 0 Å². The number of hydrogen-bond donors (Lipinski definition) is 1. The normalized spacial score (nSPS) is 15.1. The summed E-state index contributed by atoms with van der Waals surface area (Å²) in [5, 5.41) is 3.63. The summed E-state index contributed by atoms with van der Waals surface area (Å²) in [4.78, 5) is 14.7. The minimum atomic E-state index is -0.00506. The monoisotopic (exact) mass is 356 g/mol. The minimum absolute atomic E-state index is 0.00506. The lowest BCUT2D eigenvalue weighted by molar-refractivity contribution is -0.120. The van der Waals surface area contributed by atoms with Gasteiger partial charge in [-0.05, 0) is 48.7 Å². The maximum Gasteiger partial charge on any atom is 0.224 e. The fraction of sp³-hybridized carbons (Fsp3) is 0.381. The van der Waals surface area contributed by atoms with Gasteiger partial charge in [-0.1, -0.05) is 60.5 Å². The Morgan fingerprint density at radius 3 is 2.56 bits per heavy atom. The van der Waals surface area contributed by atoms with Crippen LogP contribution in [-0.4, -0.2) is 23.9 Å². The summed E-state index contributed by atoms with van der Waals surface area (Å²) in [7, 11) is 0. The molecule has 25 heavy (non-hydrogen) atoms. The molecular formula is C21H25ClN2O. The van der Waals surface area contributed by atoms with Crippen molar-refractivity contribution in [3.05, 3.63) is 70.2 Å². The molecule has 0 atom stereocenters. The van der Waals surface area contributed by atoms with Gasteiger partial charge in [0, 0.05) is 18.1 Å². The number of carbonyl (C=O) groups is 1. The molecule has 0 aliphatic carbocycles. The van der Waals surface area contributed by atoms with E-state index in [0.29, 0.717) is 18.0 Å². The Balaban J connectivity index is 1.51. The fourth-order valence-corrected chi connectivity index (χ4v) is 3.49. The molecule has 1 heterocycles. The van der Waals surface area contributed by atoms with E-state index in [2.05, 4.69) is 34.5 Å². The molecule has 4 heteroatoms. The highest BCUT2D eigenvalue weighted by molar-refractivity contribution is 6.31. The van der Waals surface area contributed by atoms with Crippen molar-refractivity contribution in [3.8, 4) is 0 Å². The average molecular weight is 357 g/mol. The summed E-state index contributed by atoms with van der Waals surface area (Å²) < 4.78 is 0. The van der Waals surface area contributed by atoms with E-state index in [1.54, 1.807) is 0 Å². The quantitative estimate of drug-likeness (QED) is 0.841. The highest BCUT2D eigenvalue weighted by atomic mass is 35.5. The number of benzene rings is 2. The van der Waals surface area contributed by atoms with Gasteiger partial charge in [0.25, 0.3) is 0 Å². The largest absolute Gasteiger partial charge is 0.352 e. The van der Waals surface area contributed by atoms with Crippen LogP contribution in [0.1, 0.15) is 36.0 Å². The topological polar surface area (TPSA) is 32.3 Å². The van der Waals surface area contributed by atoms with Crippen LogP contribution in [0.2, 0.25) is 5.02 Å². The second-order valence-corrected chi connectivity index (χ2v) is 7.11. The Morgan fingerprint density at radius 2 is 1.76 bits per heavy atom. The van der Waals surface area contributed by atoms with Gasteiger partial charge in [0.1, 0.15) is 0 Å². The van der Waals surface area contributed by atoms with Gasteiger partial charge < -0.3 is 5.32 Å². The third kappa shape index (κ3) is 5.58. The summed E-state index contributed by atoms with van der Waals surface area (Å²) in [6, 6.07) is 16.0. The number of hydrogen-bond acceptors (Lipinski definition) is 2. The Morgan fingerprint density at radius 1 is 1.00 bits per heavy atom. The van der Waals surface area contributed by atoms with Crippen molar-refractivity contribution in [2.75, 3.05) is 13.1 Å². The first-order valence-electron chi connectivity index (χ1n) is 9.01. The second kappa shape index (κ2) is 9.02. The van der Waals surface area contributed by atoms with Crippen LogP contribution in [0.3, 0.4) is 0 Å². The molecule has 1 amide bonds. The molecule has 0 spiro atoms. The maximum atomic E-state index is 12.2.